The summed E-state index contributed by atoms with van der Waals surface area (Å²) >= 11 is 1.20. The number of benzene rings is 2. The molecule has 0 aliphatic carbocycles. The summed E-state index contributed by atoms with van der Waals surface area (Å²) in [7, 11) is 1.45. The molecule has 0 radical (unpaired) electrons. The molecular formula is C19H21N3O4S. The molecule has 0 atom stereocenters. The van der Waals surface area contributed by atoms with Gasteiger partial charge in [0.15, 0.2) is 11.5 Å². The molecular weight excluding hydrogens is 366 g/mol. The number of nitrogens with zero attached hydrogens (tertiary/aromatic N) is 1. The number of ether oxygens (including phenoxy) is 1. The fraction of sp³-hybridized carbons (Fsp3) is 0.211. The Morgan fingerprint density at radius 3 is 2.56 bits per heavy atom. The molecule has 0 heterocycles. The van der Waals surface area contributed by atoms with Crippen molar-refractivity contribution < 1.29 is 19.4 Å². The fourth-order valence-corrected chi connectivity index (χ4v) is 2.67. The van der Waals surface area contributed by atoms with Crippen molar-refractivity contribution in [2.75, 3.05) is 23.9 Å². The molecule has 2 amide bonds. The van der Waals surface area contributed by atoms with Crippen LogP contribution in [0.25, 0.3) is 0 Å². The summed E-state index contributed by atoms with van der Waals surface area (Å²) in [5, 5.41) is 16.1. The van der Waals surface area contributed by atoms with Crippen LogP contribution in [-0.2, 0) is 9.59 Å². The predicted octanol–water partition coefficient (Wildman–Crippen LogP) is 2.53. The van der Waals surface area contributed by atoms with Crippen molar-refractivity contribution in [1.82, 2.24) is 5.43 Å². The van der Waals surface area contributed by atoms with E-state index < -0.39 is 0 Å². The third-order valence-corrected chi connectivity index (χ3v) is 4.34. The zero-order valence-corrected chi connectivity index (χ0v) is 15.9. The Balaban J connectivity index is 1.70. The third kappa shape index (κ3) is 7.02. The molecule has 0 aliphatic rings. The number of carbonyl (C=O) groups is 2. The van der Waals surface area contributed by atoms with Gasteiger partial charge in [0.2, 0.25) is 11.8 Å². The van der Waals surface area contributed by atoms with Crippen LogP contribution in [0.1, 0.15) is 11.1 Å². The second kappa shape index (κ2) is 10.2. The van der Waals surface area contributed by atoms with E-state index in [2.05, 4.69) is 15.8 Å². The van der Waals surface area contributed by atoms with Gasteiger partial charge < -0.3 is 15.2 Å². The number of thioether (sulfide) groups is 1. The lowest BCUT2D eigenvalue weighted by Crippen LogP contribution is -2.21. The molecule has 0 unspecified atom stereocenters. The highest BCUT2D eigenvalue weighted by molar-refractivity contribution is 8.00. The SMILES string of the molecule is COc1cc(/C=N\NC(=O)CSCC(=O)Nc2ccc(C)cc2)ccc1O. The third-order valence-electron chi connectivity index (χ3n) is 3.41. The molecule has 0 bridgehead atoms. The smallest absolute Gasteiger partial charge is 0.250 e. The molecule has 2 aromatic carbocycles. The van der Waals surface area contributed by atoms with Crippen LogP contribution in [0, 0.1) is 6.92 Å². The number of methoxy groups -OCH3 is 1. The van der Waals surface area contributed by atoms with Gasteiger partial charge in [0.05, 0.1) is 24.8 Å². The average molecular weight is 387 g/mol. The quantitative estimate of drug-likeness (QED) is 0.477. The molecule has 0 aromatic heterocycles. The van der Waals surface area contributed by atoms with Crippen molar-refractivity contribution >= 4 is 35.5 Å². The van der Waals surface area contributed by atoms with Gasteiger partial charge in [-0.05, 0) is 42.8 Å². The Bertz CT molecular complexity index is 822. The van der Waals surface area contributed by atoms with Crippen molar-refractivity contribution in [3.8, 4) is 11.5 Å². The summed E-state index contributed by atoms with van der Waals surface area (Å²) in [6.45, 7) is 1.97. The minimum absolute atomic E-state index is 0.0269. The normalized spacial score (nSPS) is 10.6. The van der Waals surface area contributed by atoms with E-state index in [0.29, 0.717) is 11.3 Å². The molecule has 0 saturated heterocycles. The number of aryl methyl sites for hydroxylation is 1. The van der Waals surface area contributed by atoms with Gasteiger partial charge in [-0.15, -0.1) is 11.8 Å². The van der Waals surface area contributed by atoms with E-state index in [1.54, 1.807) is 12.1 Å². The molecule has 0 spiro atoms. The minimum atomic E-state index is -0.315. The second-order valence-electron chi connectivity index (χ2n) is 5.63. The van der Waals surface area contributed by atoms with Gasteiger partial charge in [-0.1, -0.05) is 17.7 Å². The van der Waals surface area contributed by atoms with Crippen molar-refractivity contribution in [2.24, 2.45) is 5.10 Å². The first-order valence-corrected chi connectivity index (χ1v) is 9.26. The summed E-state index contributed by atoms with van der Waals surface area (Å²) in [6, 6.07) is 12.2. The molecule has 0 fully saturated rings. The van der Waals surface area contributed by atoms with Crippen LogP contribution in [0.3, 0.4) is 0 Å². The number of amides is 2. The molecule has 3 N–H and O–H groups in total. The Kier molecular flexibility index (Phi) is 7.69. The summed E-state index contributed by atoms with van der Waals surface area (Å²) in [6.07, 6.45) is 1.44. The van der Waals surface area contributed by atoms with Gasteiger partial charge >= 0.3 is 0 Å². The minimum Gasteiger partial charge on any atom is -0.504 e. The number of carbonyl (C=O) groups excluding carboxylic acids is 2. The maximum absolute atomic E-state index is 11.8. The lowest BCUT2D eigenvalue weighted by molar-refractivity contribution is -0.118. The highest BCUT2D eigenvalue weighted by Crippen LogP contribution is 2.25. The van der Waals surface area contributed by atoms with E-state index in [0.717, 1.165) is 11.3 Å². The maximum atomic E-state index is 11.8. The number of nitrogens with one attached hydrogen (secondary N) is 2. The fourth-order valence-electron chi connectivity index (χ4n) is 2.06. The van der Waals surface area contributed by atoms with E-state index >= 15 is 0 Å². The lowest BCUT2D eigenvalue weighted by atomic mass is 10.2. The number of hydrazone groups is 1. The Morgan fingerprint density at radius 2 is 1.85 bits per heavy atom. The monoisotopic (exact) mass is 387 g/mol. The zero-order valence-electron chi connectivity index (χ0n) is 15.1. The molecule has 2 aromatic rings. The van der Waals surface area contributed by atoms with Gasteiger partial charge in [0.25, 0.3) is 0 Å². The van der Waals surface area contributed by atoms with Crippen LogP contribution in [-0.4, -0.2) is 41.8 Å². The van der Waals surface area contributed by atoms with Crippen molar-refractivity contribution in [3.05, 3.63) is 53.6 Å². The Morgan fingerprint density at radius 1 is 1.15 bits per heavy atom. The molecule has 8 heteroatoms. The van der Waals surface area contributed by atoms with Crippen molar-refractivity contribution in [1.29, 1.82) is 0 Å². The number of anilines is 1. The highest BCUT2D eigenvalue weighted by atomic mass is 32.2. The molecule has 2 rings (SSSR count). The molecule has 142 valence electrons. The summed E-state index contributed by atoms with van der Waals surface area (Å²) in [5.41, 5.74) is 4.89. The standard InChI is InChI=1S/C19H21N3O4S/c1-13-3-6-15(7-4-13)21-18(24)11-27-12-19(25)22-20-10-14-5-8-16(23)17(9-14)26-2/h3-10,23H,11-12H2,1-2H3,(H,21,24)(H,22,25)/b20-10-. The average Bonchev–Trinajstić information content (AvgIpc) is 2.65. The maximum Gasteiger partial charge on any atom is 0.250 e. The number of aromatic hydroxyl groups is 1. The van der Waals surface area contributed by atoms with Crippen LogP contribution >= 0.6 is 11.8 Å². The number of hydrogen-bond acceptors (Lipinski definition) is 6. The zero-order chi connectivity index (χ0) is 19.6. The number of phenolic OH excluding ortho intramolecular Hbond substituents is 1. The van der Waals surface area contributed by atoms with Gasteiger partial charge in [-0.2, -0.15) is 5.10 Å². The van der Waals surface area contributed by atoms with Crippen molar-refractivity contribution in [3.63, 3.8) is 0 Å². The summed E-state index contributed by atoms with van der Waals surface area (Å²) in [5.74, 6) is 0.137. The lowest BCUT2D eigenvalue weighted by Gasteiger charge is -2.05. The van der Waals surface area contributed by atoms with Crippen LogP contribution in [0.5, 0.6) is 11.5 Å². The van der Waals surface area contributed by atoms with Crippen LogP contribution in [0.4, 0.5) is 5.69 Å². The van der Waals surface area contributed by atoms with Crippen LogP contribution in [0.15, 0.2) is 47.6 Å². The van der Waals surface area contributed by atoms with E-state index in [-0.39, 0.29) is 29.1 Å². The van der Waals surface area contributed by atoms with Gasteiger partial charge in [-0.25, -0.2) is 5.43 Å². The van der Waals surface area contributed by atoms with Crippen LogP contribution < -0.4 is 15.5 Å². The summed E-state index contributed by atoms with van der Waals surface area (Å²) in [4.78, 5) is 23.6. The summed E-state index contributed by atoms with van der Waals surface area (Å²) < 4.78 is 5.00. The van der Waals surface area contributed by atoms with Crippen molar-refractivity contribution in [2.45, 2.75) is 6.92 Å². The topological polar surface area (TPSA) is 100 Å². The number of rotatable bonds is 8. The molecule has 27 heavy (non-hydrogen) atoms. The highest BCUT2D eigenvalue weighted by Gasteiger charge is 2.06. The first-order valence-electron chi connectivity index (χ1n) is 8.11. The van der Waals surface area contributed by atoms with E-state index in [4.69, 9.17) is 4.74 Å². The Hall–Kier alpha value is -3.00. The Labute approximate surface area is 161 Å². The first kappa shape index (κ1) is 20.3. The predicted molar refractivity (Wildman–Crippen MR) is 108 cm³/mol. The molecule has 0 saturated carbocycles. The van der Waals surface area contributed by atoms with Gasteiger partial charge in [0.1, 0.15) is 0 Å². The first-order chi connectivity index (χ1) is 13.0. The van der Waals surface area contributed by atoms with E-state index in [1.165, 1.54) is 31.2 Å². The van der Waals surface area contributed by atoms with Gasteiger partial charge in [-0.3, -0.25) is 9.59 Å². The second-order valence-corrected chi connectivity index (χ2v) is 6.62. The van der Waals surface area contributed by atoms with Gasteiger partial charge in [0, 0.05) is 5.69 Å². The number of hydrogen-bond donors (Lipinski definition) is 3. The molecule has 0 aliphatic heterocycles. The largest absolute Gasteiger partial charge is 0.504 e. The van der Waals surface area contributed by atoms with Crippen LogP contribution in [0.2, 0.25) is 0 Å². The molecule has 7 nitrogen and oxygen atoms in total. The van der Waals surface area contributed by atoms with E-state index in [1.807, 2.05) is 31.2 Å². The number of phenols is 1. The van der Waals surface area contributed by atoms with E-state index in [9.17, 15) is 14.7 Å².